The van der Waals surface area contributed by atoms with E-state index in [9.17, 15) is 4.79 Å². The fourth-order valence-corrected chi connectivity index (χ4v) is 0.689. The van der Waals surface area contributed by atoms with Gasteiger partial charge in [0.05, 0.1) is 0 Å². The first-order chi connectivity index (χ1) is 4.36. The topological polar surface area (TPSA) is 47.8 Å². The predicted molar refractivity (Wildman–Crippen MR) is 28.2 cm³/mol. The molecule has 0 saturated carbocycles. The lowest BCUT2D eigenvalue weighted by molar-refractivity contribution is 0.307. The lowest BCUT2D eigenvalue weighted by Gasteiger charge is -1.68. The first kappa shape index (κ1) is 4.43. The van der Waals surface area contributed by atoms with Crippen LogP contribution in [0, 0.1) is 0 Å². The highest BCUT2D eigenvalue weighted by molar-refractivity contribution is 5.30. The van der Waals surface area contributed by atoms with Gasteiger partial charge < -0.3 is 4.42 Å². The van der Waals surface area contributed by atoms with Crippen molar-refractivity contribution in [1.82, 2.24) is 4.57 Å². The van der Waals surface area contributed by atoms with Crippen molar-refractivity contribution < 1.29 is 8.94 Å². The molecule has 0 aliphatic rings. The van der Waals surface area contributed by atoms with E-state index in [1.807, 2.05) is 0 Å². The fraction of sp³-hybridized carbons (Fsp3) is 0. The number of hydrogen-bond acceptors (Lipinski definition) is 3. The Bertz CT molecular complexity index is 335. The van der Waals surface area contributed by atoms with Crippen LogP contribution in [0.25, 0.3) is 5.71 Å². The van der Waals surface area contributed by atoms with Crippen molar-refractivity contribution >= 4 is 5.71 Å². The Labute approximate surface area is 49.3 Å². The largest absolute Gasteiger partial charge is 0.540 e. The summed E-state index contributed by atoms with van der Waals surface area (Å²) in [6, 6.07) is 3.37. The number of fused-ring (bicyclic) bond motifs is 1. The fourth-order valence-electron chi connectivity index (χ4n) is 0.689. The van der Waals surface area contributed by atoms with Gasteiger partial charge in [-0.25, -0.2) is 4.79 Å². The Morgan fingerprint density at radius 2 is 2.44 bits per heavy atom. The highest BCUT2D eigenvalue weighted by atomic mass is 16.6. The maximum Gasteiger partial charge on any atom is 0.540 e. The Balaban J connectivity index is 3.08. The molecule has 0 aliphatic heterocycles. The molecule has 0 fully saturated rings. The van der Waals surface area contributed by atoms with Crippen LogP contribution in [0.5, 0.6) is 0 Å². The molecule has 0 atom stereocenters. The third-order valence-electron chi connectivity index (χ3n) is 1.04. The highest BCUT2D eigenvalue weighted by Crippen LogP contribution is 1.98. The summed E-state index contributed by atoms with van der Waals surface area (Å²) in [6.45, 7) is 0. The summed E-state index contributed by atoms with van der Waals surface area (Å²) < 4.78 is 10.3. The molecule has 0 spiro atoms. The maximum atomic E-state index is 10.3. The van der Waals surface area contributed by atoms with E-state index < -0.39 is 5.82 Å². The molecule has 0 aromatic carbocycles. The van der Waals surface area contributed by atoms with Crippen LogP contribution < -0.4 is 5.82 Å². The molecule has 0 amide bonds. The van der Waals surface area contributed by atoms with E-state index in [2.05, 4.69) is 8.94 Å². The molecule has 2 aromatic heterocycles. The van der Waals surface area contributed by atoms with Crippen LogP contribution >= 0.6 is 0 Å². The second-order valence-electron chi connectivity index (χ2n) is 1.62. The molecule has 9 heavy (non-hydrogen) atoms. The van der Waals surface area contributed by atoms with Crippen LogP contribution in [-0.2, 0) is 0 Å². The Hall–Kier alpha value is -1.45. The van der Waals surface area contributed by atoms with Crippen LogP contribution in [0.15, 0.2) is 32.1 Å². The van der Waals surface area contributed by atoms with Crippen LogP contribution in [0.4, 0.5) is 0 Å². The van der Waals surface area contributed by atoms with Gasteiger partial charge in [-0.1, -0.05) is 0 Å². The number of nitrogens with zero attached hydrogens (tertiary/aromatic N) is 1. The van der Waals surface area contributed by atoms with Crippen LogP contribution in [-0.4, -0.2) is 4.57 Å². The average Bonchev–Trinajstić information content (AvgIpc) is 2.22. The molecule has 0 N–H and O–H groups in total. The van der Waals surface area contributed by atoms with E-state index in [4.69, 9.17) is 0 Å². The van der Waals surface area contributed by atoms with Gasteiger partial charge in [0.25, 0.3) is 0 Å². The highest BCUT2D eigenvalue weighted by Gasteiger charge is 1.97. The Morgan fingerprint density at radius 1 is 1.56 bits per heavy atom. The second kappa shape index (κ2) is 1.28. The Kier molecular flexibility index (Phi) is 0.631. The van der Waals surface area contributed by atoms with E-state index in [1.54, 1.807) is 18.3 Å². The molecule has 0 aliphatic carbocycles. The van der Waals surface area contributed by atoms with Gasteiger partial charge in [0.1, 0.15) is 0 Å². The van der Waals surface area contributed by atoms with Gasteiger partial charge in [0.2, 0.25) is 5.71 Å². The number of hydrogen-bond donors (Lipinski definition) is 0. The summed E-state index contributed by atoms with van der Waals surface area (Å²) >= 11 is 0. The summed E-state index contributed by atoms with van der Waals surface area (Å²) in [5.41, 5.74) is 0.431. The first-order valence-electron chi connectivity index (χ1n) is 2.44. The summed E-state index contributed by atoms with van der Waals surface area (Å²) in [5.74, 6) is -0.675. The van der Waals surface area contributed by atoms with Gasteiger partial charge >= 0.3 is 5.82 Å². The summed E-state index contributed by atoms with van der Waals surface area (Å²) in [4.78, 5) is 10.3. The lowest BCUT2D eigenvalue weighted by atomic mass is 10.7. The standard InChI is InChI=1S/C5H3NO3/c7-5-8-4-2-1-3-6(4)9-5/h1-3H. The third-order valence-corrected chi connectivity index (χ3v) is 1.04. The summed E-state index contributed by atoms with van der Waals surface area (Å²) in [6.07, 6.45) is 1.60. The van der Waals surface area contributed by atoms with E-state index in [-0.39, 0.29) is 0 Å². The SMILES string of the molecule is O=c1oc2cccn2o1. The van der Waals surface area contributed by atoms with Crippen molar-refractivity contribution in [3.63, 3.8) is 0 Å². The molecular weight excluding hydrogens is 122 g/mol. The molecular formula is C5H3NO3. The van der Waals surface area contributed by atoms with Gasteiger partial charge in [-0.3, -0.25) is 4.52 Å². The van der Waals surface area contributed by atoms with Crippen molar-refractivity contribution in [3.05, 3.63) is 28.9 Å². The minimum absolute atomic E-state index is 0.431. The maximum absolute atomic E-state index is 10.3. The van der Waals surface area contributed by atoms with Crippen LogP contribution in [0.1, 0.15) is 0 Å². The molecule has 2 heterocycles. The monoisotopic (exact) mass is 125 g/mol. The van der Waals surface area contributed by atoms with Crippen LogP contribution in [0.2, 0.25) is 0 Å². The van der Waals surface area contributed by atoms with E-state index in [1.165, 1.54) is 4.57 Å². The van der Waals surface area contributed by atoms with Crippen molar-refractivity contribution in [2.24, 2.45) is 0 Å². The van der Waals surface area contributed by atoms with Crippen molar-refractivity contribution in [1.29, 1.82) is 0 Å². The summed E-state index contributed by atoms with van der Waals surface area (Å²) in [7, 11) is 0. The molecule has 0 radical (unpaired) electrons. The zero-order valence-corrected chi connectivity index (χ0v) is 4.40. The van der Waals surface area contributed by atoms with E-state index in [0.717, 1.165) is 0 Å². The number of rotatable bonds is 0. The lowest BCUT2D eigenvalue weighted by Crippen LogP contribution is -1.86. The third kappa shape index (κ3) is 0.495. The number of aromatic nitrogens is 1. The molecule has 46 valence electrons. The summed E-state index contributed by atoms with van der Waals surface area (Å²) in [5, 5.41) is 0. The zero-order chi connectivity index (χ0) is 6.27. The van der Waals surface area contributed by atoms with Crippen LogP contribution in [0.3, 0.4) is 0 Å². The molecule has 2 rings (SSSR count). The minimum Gasteiger partial charge on any atom is -0.373 e. The van der Waals surface area contributed by atoms with Crippen molar-refractivity contribution in [2.75, 3.05) is 0 Å². The van der Waals surface area contributed by atoms with E-state index in [0.29, 0.717) is 5.71 Å². The smallest absolute Gasteiger partial charge is 0.373 e. The first-order valence-corrected chi connectivity index (χ1v) is 2.44. The molecule has 0 bridgehead atoms. The molecule has 4 heteroatoms. The molecule has 0 saturated heterocycles. The quantitative estimate of drug-likeness (QED) is 0.514. The van der Waals surface area contributed by atoms with Gasteiger partial charge in [-0.15, -0.1) is 4.57 Å². The molecule has 4 nitrogen and oxygen atoms in total. The van der Waals surface area contributed by atoms with Gasteiger partial charge in [-0.2, -0.15) is 0 Å². The van der Waals surface area contributed by atoms with Gasteiger partial charge in [0, 0.05) is 12.3 Å². The minimum atomic E-state index is -0.675. The zero-order valence-electron chi connectivity index (χ0n) is 4.40. The van der Waals surface area contributed by atoms with Gasteiger partial charge in [-0.05, 0) is 6.07 Å². The van der Waals surface area contributed by atoms with Gasteiger partial charge in [0.15, 0.2) is 0 Å². The average molecular weight is 125 g/mol. The van der Waals surface area contributed by atoms with E-state index >= 15 is 0 Å². The normalized spacial score (nSPS) is 10.7. The predicted octanol–water partition coefficient (Wildman–Crippen LogP) is 0.485. The Morgan fingerprint density at radius 3 is 3.22 bits per heavy atom. The second-order valence-corrected chi connectivity index (χ2v) is 1.62. The molecule has 2 aromatic rings. The van der Waals surface area contributed by atoms with Crippen molar-refractivity contribution in [2.45, 2.75) is 0 Å². The van der Waals surface area contributed by atoms with Crippen molar-refractivity contribution in [3.8, 4) is 0 Å². The molecule has 0 unspecified atom stereocenters.